The number of carbonyl (C=O) groups excluding carboxylic acids is 1. The van der Waals surface area contributed by atoms with Crippen molar-refractivity contribution in [3.8, 4) is 0 Å². The summed E-state index contributed by atoms with van der Waals surface area (Å²) in [5.41, 5.74) is 5.97. The average Bonchev–Trinajstić information content (AvgIpc) is 2.31. The fourth-order valence-electron chi connectivity index (χ4n) is 2.18. The topological polar surface area (TPSA) is 68.0 Å². The Kier molecular flexibility index (Phi) is 2.68. The van der Waals surface area contributed by atoms with Gasteiger partial charge in [-0.15, -0.1) is 0 Å². The molecular formula is C11H15N3O. The van der Waals surface area contributed by atoms with Crippen LogP contribution in [0.2, 0.25) is 0 Å². The summed E-state index contributed by atoms with van der Waals surface area (Å²) in [4.78, 5) is 15.7. The number of nitrogens with one attached hydrogen (secondary N) is 1. The van der Waals surface area contributed by atoms with Crippen LogP contribution in [0, 0.1) is 0 Å². The molecule has 0 radical (unpaired) electrons. The zero-order chi connectivity index (χ0) is 10.7. The Morgan fingerprint density at radius 1 is 1.47 bits per heavy atom. The molecule has 0 saturated carbocycles. The number of amides is 1. The van der Waals surface area contributed by atoms with Gasteiger partial charge >= 0.3 is 0 Å². The van der Waals surface area contributed by atoms with Crippen molar-refractivity contribution in [3.63, 3.8) is 0 Å². The van der Waals surface area contributed by atoms with Crippen LogP contribution in [-0.2, 0) is 10.2 Å². The summed E-state index contributed by atoms with van der Waals surface area (Å²) in [5.74, 6) is -0.239. The third-order valence-electron chi connectivity index (χ3n) is 3.14. The zero-order valence-electron chi connectivity index (χ0n) is 8.57. The van der Waals surface area contributed by atoms with Gasteiger partial charge < -0.3 is 11.1 Å². The molecule has 4 heteroatoms. The van der Waals surface area contributed by atoms with Crippen LogP contribution in [0.5, 0.6) is 0 Å². The first kappa shape index (κ1) is 10.1. The Morgan fingerprint density at radius 3 is 2.73 bits per heavy atom. The highest BCUT2D eigenvalue weighted by molar-refractivity contribution is 5.86. The molecule has 1 aliphatic rings. The SMILES string of the molecule is NC(=O)C1(c2cccnc2)CCNCC1. The van der Waals surface area contributed by atoms with Crippen LogP contribution < -0.4 is 11.1 Å². The maximum absolute atomic E-state index is 11.6. The molecule has 4 nitrogen and oxygen atoms in total. The molecule has 3 N–H and O–H groups in total. The van der Waals surface area contributed by atoms with Crippen LogP contribution in [0.1, 0.15) is 18.4 Å². The van der Waals surface area contributed by atoms with Gasteiger partial charge in [-0.2, -0.15) is 0 Å². The van der Waals surface area contributed by atoms with E-state index in [1.54, 1.807) is 12.4 Å². The molecular weight excluding hydrogens is 190 g/mol. The molecule has 1 aliphatic heterocycles. The van der Waals surface area contributed by atoms with E-state index < -0.39 is 5.41 Å². The Hall–Kier alpha value is -1.42. The minimum Gasteiger partial charge on any atom is -0.369 e. The van der Waals surface area contributed by atoms with Gasteiger partial charge in [-0.05, 0) is 37.6 Å². The largest absolute Gasteiger partial charge is 0.369 e. The molecule has 1 amide bonds. The number of primary amides is 1. The number of piperidine rings is 1. The molecule has 1 saturated heterocycles. The molecule has 1 aromatic rings. The number of hydrogen-bond donors (Lipinski definition) is 2. The minimum atomic E-state index is -0.514. The maximum atomic E-state index is 11.6. The second kappa shape index (κ2) is 3.98. The summed E-state index contributed by atoms with van der Waals surface area (Å²) in [6.45, 7) is 1.66. The highest BCUT2D eigenvalue weighted by Gasteiger charge is 2.39. The molecule has 0 bridgehead atoms. The summed E-state index contributed by atoms with van der Waals surface area (Å²) < 4.78 is 0. The third kappa shape index (κ3) is 1.72. The van der Waals surface area contributed by atoms with Gasteiger partial charge in [-0.25, -0.2) is 0 Å². The lowest BCUT2D eigenvalue weighted by atomic mass is 9.73. The van der Waals surface area contributed by atoms with E-state index in [4.69, 9.17) is 5.73 Å². The number of rotatable bonds is 2. The van der Waals surface area contributed by atoms with Gasteiger partial charge in [-0.3, -0.25) is 9.78 Å². The lowest BCUT2D eigenvalue weighted by Gasteiger charge is -2.34. The molecule has 2 rings (SSSR count). The van der Waals surface area contributed by atoms with E-state index in [0.717, 1.165) is 31.5 Å². The van der Waals surface area contributed by atoms with Crippen LogP contribution in [0.3, 0.4) is 0 Å². The van der Waals surface area contributed by atoms with Crippen molar-refractivity contribution in [2.45, 2.75) is 18.3 Å². The monoisotopic (exact) mass is 205 g/mol. The highest BCUT2D eigenvalue weighted by atomic mass is 16.1. The van der Waals surface area contributed by atoms with Crippen molar-refractivity contribution >= 4 is 5.91 Å². The van der Waals surface area contributed by atoms with Gasteiger partial charge in [0.1, 0.15) is 0 Å². The molecule has 0 spiro atoms. The fraction of sp³-hybridized carbons (Fsp3) is 0.455. The molecule has 0 atom stereocenters. The molecule has 0 aliphatic carbocycles. The van der Waals surface area contributed by atoms with Crippen LogP contribution in [-0.4, -0.2) is 24.0 Å². The highest BCUT2D eigenvalue weighted by Crippen LogP contribution is 2.32. The molecule has 0 aromatic carbocycles. The van der Waals surface area contributed by atoms with Crippen LogP contribution in [0.4, 0.5) is 0 Å². The van der Waals surface area contributed by atoms with Crippen molar-refractivity contribution in [1.82, 2.24) is 10.3 Å². The number of aromatic nitrogens is 1. The standard InChI is InChI=1S/C11H15N3O/c12-10(15)11(3-6-13-7-4-11)9-2-1-5-14-8-9/h1-2,5,8,13H,3-4,6-7H2,(H2,12,15). The molecule has 0 unspecified atom stereocenters. The first-order chi connectivity index (χ1) is 7.26. The van der Waals surface area contributed by atoms with Gasteiger partial charge in [0, 0.05) is 12.4 Å². The second-order valence-corrected chi connectivity index (χ2v) is 3.94. The fourth-order valence-corrected chi connectivity index (χ4v) is 2.18. The maximum Gasteiger partial charge on any atom is 0.228 e. The van der Waals surface area contributed by atoms with Crippen molar-refractivity contribution in [2.24, 2.45) is 5.73 Å². The Bertz CT molecular complexity index is 344. The van der Waals surface area contributed by atoms with E-state index in [2.05, 4.69) is 10.3 Å². The summed E-state index contributed by atoms with van der Waals surface area (Å²) in [7, 11) is 0. The van der Waals surface area contributed by atoms with Crippen molar-refractivity contribution in [2.75, 3.05) is 13.1 Å². The predicted molar refractivity (Wildman–Crippen MR) is 57.2 cm³/mol. The van der Waals surface area contributed by atoms with Crippen molar-refractivity contribution < 1.29 is 4.79 Å². The van der Waals surface area contributed by atoms with E-state index in [1.807, 2.05) is 12.1 Å². The molecule has 1 fully saturated rings. The quantitative estimate of drug-likeness (QED) is 0.724. The summed E-state index contributed by atoms with van der Waals surface area (Å²) >= 11 is 0. The summed E-state index contributed by atoms with van der Waals surface area (Å²) in [5, 5.41) is 3.24. The van der Waals surface area contributed by atoms with Crippen molar-refractivity contribution in [1.29, 1.82) is 0 Å². The number of carbonyl (C=O) groups is 1. The molecule has 15 heavy (non-hydrogen) atoms. The lowest BCUT2D eigenvalue weighted by Crippen LogP contribution is -2.48. The Morgan fingerprint density at radius 2 is 2.20 bits per heavy atom. The van der Waals surface area contributed by atoms with E-state index >= 15 is 0 Å². The van der Waals surface area contributed by atoms with E-state index in [1.165, 1.54) is 0 Å². The second-order valence-electron chi connectivity index (χ2n) is 3.94. The van der Waals surface area contributed by atoms with Gasteiger partial charge in [0.05, 0.1) is 5.41 Å². The number of pyridine rings is 1. The zero-order valence-corrected chi connectivity index (χ0v) is 8.57. The van der Waals surface area contributed by atoms with Gasteiger partial charge in [-0.1, -0.05) is 6.07 Å². The van der Waals surface area contributed by atoms with E-state index in [0.29, 0.717) is 0 Å². The average molecular weight is 205 g/mol. The van der Waals surface area contributed by atoms with Gasteiger partial charge in [0.2, 0.25) is 5.91 Å². The van der Waals surface area contributed by atoms with E-state index in [-0.39, 0.29) is 5.91 Å². The molecule has 80 valence electrons. The smallest absolute Gasteiger partial charge is 0.228 e. The normalized spacial score (nSPS) is 19.7. The minimum absolute atomic E-state index is 0.239. The van der Waals surface area contributed by atoms with Crippen molar-refractivity contribution in [3.05, 3.63) is 30.1 Å². The van der Waals surface area contributed by atoms with Gasteiger partial charge in [0.15, 0.2) is 0 Å². The number of hydrogen-bond acceptors (Lipinski definition) is 3. The Balaban J connectivity index is 2.38. The van der Waals surface area contributed by atoms with Crippen LogP contribution in [0.15, 0.2) is 24.5 Å². The molecule has 2 heterocycles. The first-order valence-corrected chi connectivity index (χ1v) is 5.17. The molecule has 1 aromatic heterocycles. The van der Waals surface area contributed by atoms with Crippen LogP contribution in [0.25, 0.3) is 0 Å². The first-order valence-electron chi connectivity index (χ1n) is 5.17. The number of nitrogens with two attached hydrogens (primary N) is 1. The Labute approximate surface area is 88.9 Å². The third-order valence-corrected chi connectivity index (χ3v) is 3.14. The van der Waals surface area contributed by atoms with Crippen LogP contribution >= 0.6 is 0 Å². The van der Waals surface area contributed by atoms with E-state index in [9.17, 15) is 4.79 Å². The summed E-state index contributed by atoms with van der Waals surface area (Å²) in [6, 6.07) is 3.78. The summed E-state index contributed by atoms with van der Waals surface area (Å²) in [6.07, 6.45) is 4.97. The lowest BCUT2D eigenvalue weighted by molar-refractivity contribution is -0.124. The number of nitrogens with zero attached hydrogens (tertiary/aromatic N) is 1. The predicted octanol–water partition coefficient (Wildman–Crippen LogP) is 0.188. The van der Waals surface area contributed by atoms with Gasteiger partial charge in [0.25, 0.3) is 0 Å².